The molecule has 0 aromatic heterocycles. The van der Waals surface area contributed by atoms with Crippen LogP contribution in [0.15, 0.2) is 48.5 Å². The molecule has 4 nitrogen and oxygen atoms in total. The van der Waals surface area contributed by atoms with E-state index < -0.39 is 10.8 Å². The van der Waals surface area contributed by atoms with Crippen LogP contribution in [0.1, 0.15) is 47.7 Å². The Morgan fingerprint density at radius 3 is 2.48 bits per heavy atom. The van der Waals surface area contributed by atoms with Crippen LogP contribution in [0.3, 0.4) is 0 Å². The van der Waals surface area contributed by atoms with E-state index in [2.05, 4.69) is 12.1 Å². The molecule has 156 valence electrons. The number of benzene rings is 2. The number of hydrogen-bond acceptors (Lipinski definition) is 3. The molecule has 1 aliphatic rings. The van der Waals surface area contributed by atoms with E-state index in [1.807, 2.05) is 48.2 Å². The molecule has 1 amide bonds. The highest BCUT2D eigenvalue weighted by molar-refractivity contribution is 7.83. The number of piperidine rings is 1. The summed E-state index contributed by atoms with van der Waals surface area (Å²) >= 11 is 0. The van der Waals surface area contributed by atoms with E-state index in [9.17, 15) is 9.00 Å². The highest BCUT2D eigenvalue weighted by atomic mass is 32.2. The quantitative estimate of drug-likeness (QED) is 0.642. The second-order valence-electron chi connectivity index (χ2n) is 7.77. The standard InChI is InChI=1S/C24H31NO3S/c1-3-28-23-11-9-19(10-12-23)7-8-20-13-15-25(16-14-20)24(26)22-6-4-5-21(17-22)18-29(2)27/h4-6,9-12,17,20H,3,7-8,13-16,18H2,1-2H3. The first-order chi connectivity index (χ1) is 14.0. The zero-order valence-corrected chi connectivity index (χ0v) is 18.2. The average Bonchev–Trinajstić information content (AvgIpc) is 2.73. The van der Waals surface area contributed by atoms with Gasteiger partial charge in [0, 0.05) is 41.5 Å². The molecule has 0 saturated carbocycles. The maximum Gasteiger partial charge on any atom is 0.253 e. The Bertz CT molecular complexity index is 826. The van der Waals surface area contributed by atoms with E-state index in [1.54, 1.807) is 6.26 Å². The van der Waals surface area contributed by atoms with Crippen molar-refractivity contribution in [2.24, 2.45) is 5.92 Å². The van der Waals surface area contributed by atoms with Gasteiger partial charge in [0.1, 0.15) is 5.75 Å². The zero-order chi connectivity index (χ0) is 20.6. The number of amides is 1. The van der Waals surface area contributed by atoms with Gasteiger partial charge in [0.25, 0.3) is 5.91 Å². The average molecular weight is 414 g/mol. The minimum absolute atomic E-state index is 0.0960. The molecule has 1 atom stereocenters. The van der Waals surface area contributed by atoms with Gasteiger partial charge in [0.2, 0.25) is 0 Å². The van der Waals surface area contributed by atoms with Crippen molar-refractivity contribution in [1.82, 2.24) is 4.90 Å². The van der Waals surface area contributed by atoms with Crippen LogP contribution < -0.4 is 4.74 Å². The Morgan fingerprint density at radius 2 is 1.83 bits per heavy atom. The van der Waals surface area contributed by atoms with Crippen LogP contribution in [0.5, 0.6) is 5.75 Å². The van der Waals surface area contributed by atoms with Crippen molar-refractivity contribution < 1.29 is 13.7 Å². The van der Waals surface area contributed by atoms with Gasteiger partial charge < -0.3 is 9.64 Å². The van der Waals surface area contributed by atoms with Crippen molar-refractivity contribution in [1.29, 1.82) is 0 Å². The number of carbonyl (C=O) groups is 1. The summed E-state index contributed by atoms with van der Waals surface area (Å²) in [6.07, 6.45) is 6.03. The lowest BCUT2D eigenvalue weighted by Gasteiger charge is -2.32. The summed E-state index contributed by atoms with van der Waals surface area (Å²) in [6.45, 7) is 4.32. The van der Waals surface area contributed by atoms with E-state index in [0.29, 0.717) is 23.8 Å². The fourth-order valence-corrected chi connectivity index (χ4v) is 4.57. The number of aryl methyl sites for hydroxylation is 1. The zero-order valence-electron chi connectivity index (χ0n) is 17.4. The smallest absolute Gasteiger partial charge is 0.253 e. The molecular formula is C24H31NO3S. The van der Waals surface area contributed by atoms with Crippen molar-refractivity contribution in [3.8, 4) is 5.75 Å². The Hall–Kier alpha value is -2.14. The second-order valence-corrected chi connectivity index (χ2v) is 9.20. The molecule has 2 aromatic carbocycles. The lowest BCUT2D eigenvalue weighted by atomic mass is 9.90. The molecular weight excluding hydrogens is 382 g/mol. The monoisotopic (exact) mass is 413 g/mol. The first kappa shape index (κ1) is 21.6. The third kappa shape index (κ3) is 6.43. The van der Waals surface area contributed by atoms with E-state index in [1.165, 1.54) is 5.56 Å². The summed E-state index contributed by atoms with van der Waals surface area (Å²) in [5, 5.41) is 0. The fourth-order valence-electron chi connectivity index (χ4n) is 3.93. The Balaban J connectivity index is 1.47. The lowest BCUT2D eigenvalue weighted by Crippen LogP contribution is -2.38. The summed E-state index contributed by atoms with van der Waals surface area (Å²) in [4.78, 5) is 14.8. The molecule has 1 unspecified atom stereocenters. The van der Waals surface area contributed by atoms with E-state index in [4.69, 9.17) is 4.74 Å². The normalized spacial score (nSPS) is 15.9. The molecule has 2 aromatic rings. The minimum atomic E-state index is -0.900. The van der Waals surface area contributed by atoms with Crippen molar-refractivity contribution in [2.75, 3.05) is 26.0 Å². The number of nitrogens with zero attached hydrogens (tertiary/aromatic N) is 1. The van der Waals surface area contributed by atoms with Crippen LogP contribution in [0.25, 0.3) is 0 Å². The van der Waals surface area contributed by atoms with Crippen LogP contribution in [-0.2, 0) is 23.0 Å². The molecule has 5 heteroatoms. The fraction of sp³-hybridized carbons (Fsp3) is 0.458. The van der Waals surface area contributed by atoms with Crippen LogP contribution in [0, 0.1) is 5.92 Å². The first-order valence-corrected chi connectivity index (χ1v) is 12.2. The van der Waals surface area contributed by atoms with Gasteiger partial charge in [-0.05, 0) is 73.9 Å². The van der Waals surface area contributed by atoms with Crippen molar-refractivity contribution in [2.45, 2.75) is 38.4 Å². The van der Waals surface area contributed by atoms with E-state index in [-0.39, 0.29) is 5.91 Å². The Labute approximate surface area is 176 Å². The van der Waals surface area contributed by atoms with Crippen molar-refractivity contribution in [3.05, 3.63) is 65.2 Å². The number of carbonyl (C=O) groups excluding carboxylic acids is 1. The molecule has 1 saturated heterocycles. The third-order valence-corrected chi connectivity index (χ3v) is 6.26. The molecule has 29 heavy (non-hydrogen) atoms. The lowest BCUT2D eigenvalue weighted by molar-refractivity contribution is 0.0687. The number of likely N-dealkylation sites (tertiary alicyclic amines) is 1. The summed E-state index contributed by atoms with van der Waals surface area (Å²) in [5.74, 6) is 2.19. The molecule has 1 fully saturated rings. The van der Waals surface area contributed by atoms with Crippen molar-refractivity contribution in [3.63, 3.8) is 0 Å². The molecule has 0 N–H and O–H groups in total. The maximum absolute atomic E-state index is 12.8. The van der Waals surface area contributed by atoms with Gasteiger partial charge in [-0.3, -0.25) is 9.00 Å². The highest BCUT2D eigenvalue weighted by Crippen LogP contribution is 2.24. The minimum Gasteiger partial charge on any atom is -0.494 e. The number of ether oxygens (including phenoxy) is 1. The predicted octanol–water partition coefficient (Wildman–Crippen LogP) is 4.45. The number of hydrogen-bond donors (Lipinski definition) is 0. The van der Waals surface area contributed by atoms with Gasteiger partial charge in [0.05, 0.1) is 6.61 Å². The van der Waals surface area contributed by atoms with E-state index >= 15 is 0 Å². The SMILES string of the molecule is CCOc1ccc(CCC2CCN(C(=O)c3cccc(CS(C)=O)c3)CC2)cc1. The van der Waals surface area contributed by atoms with Crippen LogP contribution in [0.2, 0.25) is 0 Å². The van der Waals surface area contributed by atoms with Gasteiger partial charge in [-0.2, -0.15) is 0 Å². The third-order valence-electron chi connectivity index (χ3n) is 5.52. The van der Waals surface area contributed by atoms with Crippen LogP contribution >= 0.6 is 0 Å². The summed E-state index contributed by atoms with van der Waals surface area (Å²) in [7, 11) is -0.900. The molecule has 0 aliphatic carbocycles. The molecule has 3 rings (SSSR count). The van der Waals surface area contributed by atoms with Gasteiger partial charge in [-0.15, -0.1) is 0 Å². The molecule has 0 bridgehead atoms. The predicted molar refractivity (Wildman–Crippen MR) is 119 cm³/mol. The molecule has 1 aliphatic heterocycles. The number of rotatable bonds is 8. The van der Waals surface area contributed by atoms with Crippen LogP contribution in [-0.4, -0.2) is 41.0 Å². The largest absolute Gasteiger partial charge is 0.494 e. The second kappa shape index (κ2) is 10.6. The van der Waals surface area contributed by atoms with Gasteiger partial charge >= 0.3 is 0 Å². The van der Waals surface area contributed by atoms with Crippen LogP contribution in [0.4, 0.5) is 0 Å². The summed E-state index contributed by atoms with van der Waals surface area (Å²) in [5.41, 5.74) is 3.01. The molecule has 1 heterocycles. The highest BCUT2D eigenvalue weighted by Gasteiger charge is 2.23. The first-order valence-electron chi connectivity index (χ1n) is 10.4. The van der Waals surface area contributed by atoms with Gasteiger partial charge in [0.15, 0.2) is 0 Å². The van der Waals surface area contributed by atoms with E-state index in [0.717, 1.165) is 50.1 Å². The molecule has 0 spiro atoms. The Kier molecular flexibility index (Phi) is 7.87. The molecule has 0 radical (unpaired) electrons. The Morgan fingerprint density at radius 1 is 1.10 bits per heavy atom. The van der Waals surface area contributed by atoms with Crippen molar-refractivity contribution >= 4 is 16.7 Å². The van der Waals surface area contributed by atoms with Gasteiger partial charge in [-0.1, -0.05) is 24.3 Å². The maximum atomic E-state index is 12.8. The summed E-state index contributed by atoms with van der Waals surface area (Å²) in [6, 6.07) is 16.0. The topological polar surface area (TPSA) is 46.6 Å². The summed E-state index contributed by atoms with van der Waals surface area (Å²) < 4.78 is 17.0. The van der Waals surface area contributed by atoms with Gasteiger partial charge in [-0.25, -0.2) is 0 Å².